The molecule has 324 valence electrons. The van der Waals surface area contributed by atoms with Crippen LogP contribution in [0.15, 0.2) is 78.5 Å². The lowest BCUT2D eigenvalue weighted by molar-refractivity contribution is -0.142. The number of carbonyl (C=O) groups excluding carboxylic acids is 4. The van der Waals surface area contributed by atoms with Crippen molar-refractivity contribution < 1.29 is 55.4 Å². The maximum atomic E-state index is 15.4. The van der Waals surface area contributed by atoms with Gasteiger partial charge in [-0.2, -0.15) is 36.4 Å². The summed E-state index contributed by atoms with van der Waals surface area (Å²) in [5.74, 6) is -10.4. The molecule has 2 aromatic carbocycles. The lowest BCUT2D eigenvalue weighted by Crippen LogP contribution is -2.53. The molecule has 0 unspecified atom stereocenters. The fourth-order valence-electron chi connectivity index (χ4n) is 9.33. The van der Waals surface area contributed by atoms with Gasteiger partial charge in [0.1, 0.15) is 5.69 Å². The van der Waals surface area contributed by atoms with Crippen molar-refractivity contribution in [1.29, 1.82) is 0 Å². The van der Waals surface area contributed by atoms with E-state index in [1.54, 1.807) is 25.1 Å². The molecule has 1 saturated carbocycles. The van der Waals surface area contributed by atoms with E-state index in [2.05, 4.69) is 15.4 Å². The summed E-state index contributed by atoms with van der Waals surface area (Å²) in [5.41, 5.74) is -0.820. The monoisotopic (exact) mass is 922 g/mol. The van der Waals surface area contributed by atoms with E-state index in [9.17, 15) is 45.8 Å². The van der Waals surface area contributed by atoms with Crippen molar-refractivity contribution in [2.45, 2.75) is 43.5 Å². The van der Waals surface area contributed by atoms with Crippen LogP contribution in [0, 0.1) is 23.7 Å². The number of carbonyl (C=O) groups is 4. The Labute approximate surface area is 362 Å². The molecule has 4 heterocycles. The van der Waals surface area contributed by atoms with Crippen LogP contribution in [-0.2, 0) is 36.9 Å². The number of rotatable bonds is 8. The Balaban J connectivity index is 1.29. The number of anilines is 2. The number of benzene rings is 2. The fraction of sp³-hybridized carbons (Fsp3) is 0.317. The number of imide groups is 2. The summed E-state index contributed by atoms with van der Waals surface area (Å²) in [6.07, 6.45) is -7.87. The first kappa shape index (κ1) is 43.1. The van der Waals surface area contributed by atoms with Crippen LogP contribution in [0.2, 0.25) is 15.1 Å². The van der Waals surface area contributed by atoms with E-state index in [0.29, 0.717) is 39.5 Å². The van der Waals surface area contributed by atoms with E-state index in [1.807, 2.05) is 0 Å². The number of ether oxygens (including phenoxy) is 1. The molecular weight excluding hydrogens is 893 g/mol. The van der Waals surface area contributed by atoms with Gasteiger partial charge in [-0.3, -0.25) is 29.6 Å². The van der Waals surface area contributed by atoms with Crippen LogP contribution in [0.5, 0.6) is 11.5 Å². The lowest BCUT2D eigenvalue weighted by atomic mass is 9.49. The Morgan fingerprint density at radius 2 is 1.61 bits per heavy atom. The van der Waals surface area contributed by atoms with Crippen molar-refractivity contribution in [2.24, 2.45) is 23.7 Å². The van der Waals surface area contributed by atoms with Crippen LogP contribution in [-0.4, -0.2) is 62.4 Å². The van der Waals surface area contributed by atoms with E-state index < -0.39 is 98.9 Å². The van der Waals surface area contributed by atoms with Crippen molar-refractivity contribution in [1.82, 2.24) is 20.0 Å². The Hall–Kier alpha value is -5.59. The predicted molar refractivity (Wildman–Crippen MR) is 211 cm³/mol. The summed E-state index contributed by atoms with van der Waals surface area (Å²) < 4.78 is 87.6. The molecule has 2 saturated heterocycles. The molecule has 2 aliphatic carbocycles. The highest BCUT2D eigenvalue weighted by atomic mass is 35.5. The molecule has 2 aliphatic heterocycles. The van der Waals surface area contributed by atoms with Gasteiger partial charge >= 0.3 is 12.4 Å². The number of alkyl halides is 6. The molecular formula is C41H31Cl3F6N6O6. The SMILES string of the molecule is CCOc1cc([C@H]2C3=CC[C@@H]4C(=O)N(N(C)c5nc(C(F)(F)F)ccc5Cl)C(=O)[C@@H]4[C@@H]3C[C@H]3C(=O)N(Nc4ncc(C(F)(F)F)cc4Cl)C(=O)[C@@]23c2ccc(Cl)cc2)ccc1O. The highest BCUT2D eigenvalue weighted by Gasteiger charge is 2.70. The number of nitrogens with one attached hydrogen (secondary N) is 1. The van der Waals surface area contributed by atoms with Gasteiger partial charge < -0.3 is 9.84 Å². The fourth-order valence-corrected chi connectivity index (χ4v) is 9.89. The second kappa shape index (κ2) is 15.3. The topological polar surface area (TPSA) is 145 Å². The Morgan fingerprint density at radius 1 is 0.903 bits per heavy atom. The third-order valence-electron chi connectivity index (χ3n) is 11.9. The third kappa shape index (κ3) is 6.77. The van der Waals surface area contributed by atoms with Gasteiger partial charge in [0, 0.05) is 24.2 Å². The van der Waals surface area contributed by atoms with Crippen molar-refractivity contribution in [2.75, 3.05) is 24.1 Å². The second-order valence-electron chi connectivity index (χ2n) is 15.1. The molecule has 62 heavy (non-hydrogen) atoms. The van der Waals surface area contributed by atoms with E-state index in [0.717, 1.165) is 11.1 Å². The van der Waals surface area contributed by atoms with Crippen molar-refractivity contribution in [3.63, 3.8) is 0 Å². The standard InChI is InChI=1S/C41H31Cl3F6N6O6/c1-3-62-29-14-18(4-12-28(29)57)32-22-9-10-23-31(37(60)56(35(23)58)54(2)34-26(43)11-13-30(52-34)41(48,49)50)24(22)16-25-36(59)55(38(61)39(25,32)19-5-7-21(42)8-6-19)53-33-27(44)15-20(17-51-33)40(45,46)47/h4-9,11-15,17,23-25,31-32,57H,3,10,16H2,1-2H3,(H,51,53)/t23-,24+,25-,31-,32-,39+/m0/s1. The number of fused-ring (bicyclic) bond motifs is 4. The minimum atomic E-state index is -4.89. The van der Waals surface area contributed by atoms with E-state index in [4.69, 9.17) is 39.5 Å². The number of pyridine rings is 2. The van der Waals surface area contributed by atoms with Gasteiger partial charge in [-0.15, -0.1) is 0 Å². The third-order valence-corrected chi connectivity index (χ3v) is 12.7. The zero-order valence-electron chi connectivity index (χ0n) is 32.1. The number of aromatic nitrogens is 2. The molecule has 12 nitrogen and oxygen atoms in total. The van der Waals surface area contributed by atoms with Crippen LogP contribution >= 0.6 is 34.8 Å². The number of hydrogen-bond acceptors (Lipinski definition) is 10. The average Bonchev–Trinajstić information content (AvgIpc) is 3.59. The quantitative estimate of drug-likeness (QED) is 0.100. The second-order valence-corrected chi connectivity index (χ2v) is 16.3. The minimum Gasteiger partial charge on any atom is -0.504 e. The van der Waals surface area contributed by atoms with Crippen LogP contribution in [0.25, 0.3) is 0 Å². The number of hydrazine groups is 2. The van der Waals surface area contributed by atoms with Gasteiger partial charge in [-0.05, 0) is 79.3 Å². The molecule has 2 aromatic heterocycles. The van der Waals surface area contributed by atoms with E-state index in [1.165, 1.54) is 37.4 Å². The number of phenolic OH excluding ortho intramolecular Hbond substituents is 1. The average molecular weight is 924 g/mol. The Morgan fingerprint density at radius 3 is 2.26 bits per heavy atom. The Bertz CT molecular complexity index is 2580. The van der Waals surface area contributed by atoms with Crippen molar-refractivity contribution >= 4 is 70.1 Å². The summed E-state index contributed by atoms with van der Waals surface area (Å²) >= 11 is 18.9. The molecule has 0 bridgehead atoms. The maximum absolute atomic E-state index is 15.4. The zero-order valence-corrected chi connectivity index (χ0v) is 34.3. The summed E-state index contributed by atoms with van der Waals surface area (Å²) in [7, 11) is 1.17. The molecule has 4 amide bonds. The van der Waals surface area contributed by atoms with Crippen molar-refractivity contribution in [3.8, 4) is 11.5 Å². The highest BCUT2D eigenvalue weighted by molar-refractivity contribution is 6.33. The summed E-state index contributed by atoms with van der Waals surface area (Å²) in [6.45, 7) is 1.79. The van der Waals surface area contributed by atoms with Gasteiger partial charge in [-0.1, -0.05) is 64.7 Å². The molecule has 21 heteroatoms. The smallest absolute Gasteiger partial charge is 0.433 e. The van der Waals surface area contributed by atoms with Crippen molar-refractivity contribution in [3.05, 3.63) is 116 Å². The summed E-state index contributed by atoms with van der Waals surface area (Å²) in [4.78, 5) is 66.7. The minimum absolute atomic E-state index is 0.0158. The van der Waals surface area contributed by atoms with Gasteiger partial charge in [-0.25, -0.2) is 9.97 Å². The first-order chi connectivity index (χ1) is 29.2. The summed E-state index contributed by atoms with van der Waals surface area (Å²) in [6, 6.07) is 12.6. The number of halogens is 9. The van der Waals surface area contributed by atoms with Gasteiger partial charge in [0.05, 0.1) is 45.4 Å². The lowest BCUT2D eigenvalue weighted by Gasteiger charge is -2.50. The Kier molecular flexibility index (Phi) is 10.7. The first-order valence-electron chi connectivity index (χ1n) is 18.8. The highest BCUT2D eigenvalue weighted by Crippen LogP contribution is 2.64. The normalized spacial score (nSPS) is 24.8. The van der Waals surface area contributed by atoms with E-state index >= 15 is 4.79 Å². The largest absolute Gasteiger partial charge is 0.504 e. The van der Waals surface area contributed by atoms with Gasteiger partial charge in [0.2, 0.25) is 0 Å². The maximum Gasteiger partial charge on any atom is 0.433 e. The molecule has 4 aromatic rings. The summed E-state index contributed by atoms with van der Waals surface area (Å²) in [5, 5.41) is 12.4. The molecule has 0 radical (unpaired) electrons. The first-order valence-corrected chi connectivity index (χ1v) is 20.0. The number of hydrogen-bond donors (Lipinski definition) is 2. The zero-order chi connectivity index (χ0) is 44.8. The number of amides is 4. The number of phenols is 1. The predicted octanol–water partition coefficient (Wildman–Crippen LogP) is 8.62. The molecule has 8 rings (SSSR count). The number of nitrogens with zero attached hydrogens (tertiary/aromatic N) is 5. The number of allylic oxidation sites excluding steroid dienone is 2. The van der Waals surface area contributed by atoms with Gasteiger partial charge in [0.15, 0.2) is 23.1 Å². The van der Waals surface area contributed by atoms with Crippen LogP contribution in [0.3, 0.4) is 0 Å². The van der Waals surface area contributed by atoms with Crippen LogP contribution < -0.4 is 15.2 Å². The molecule has 3 fully saturated rings. The van der Waals surface area contributed by atoms with Gasteiger partial charge in [0.25, 0.3) is 23.6 Å². The molecule has 2 N–H and O–H groups in total. The number of aromatic hydroxyl groups is 1. The molecule has 0 spiro atoms. The van der Waals surface area contributed by atoms with E-state index in [-0.39, 0.29) is 46.6 Å². The molecule has 6 atom stereocenters. The van der Waals surface area contributed by atoms with Crippen LogP contribution in [0.1, 0.15) is 48.1 Å². The molecule has 4 aliphatic rings. The van der Waals surface area contributed by atoms with Crippen LogP contribution in [0.4, 0.5) is 38.0 Å².